The second-order valence-corrected chi connectivity index (χ2v) is 11.0. The molecule has 10 heteroatoms. The molecule has 1 aliphatic heterocycles. The van der Waals surface area contributed by atoms with Gasteiger partial charge >= 0.3 is 0 Å². The van der Waals surface area contributed by atoms with E-state index in [-0.39, 0.29) is 11.8 Å². The maximum atomic E-state index is 14.5. The summed E-state index contributed by atoms with van der Waals surface area (Å²) in [6.45, 7) is 0.504. The number of nitrogens with zero attached hydrogens (tertiary/aromatic N) is 4. The van der Waals surface area contributed by atoms with E-state index in [1.165, 1.54) is 6.20 Å². The number of allylic oxidation sites excluding steroid dienone is 1. The third-order valence-corrected chi connectivity index (χ3v) is 8.44. The number of aromatic nitrogens is 3. The van der Waals surface area contributed by atoms with E-state index in [0.717, 1.165) is 36.1 Å². The maximum Gasteiger partial charge on any atom is 0.214 e. The van der Waals surface area contributed by atoms with Crippen molar-refractivity contribution in [3.63, 3.8) is 0 Å². The summed E-state index contributed by atoms with van der Waals surface area (Å²) in [5.41, 5.74) is 2.83. The molecule has 1 fully saturated rings. The van der Waals surface area contributed by atoms with Crippen LogP contribution in [0.15, 0.2) is 24.5 Å². The minimum absolute atomic E-state index is 0.0448. The molecule has 2 aromatic rings. The van der Waals surface area contributed by atoms with Crippen LogP contribution >= 0.6 is 23.2 Å². The van der Waals surface area contributed by atoms with Gasteiger partial charge in [-0.05, 0) is 38.2 Å². The van der Waals surface area contributed by atoms with Crippen molar-refractivity contribution in [2.45, 2.75) is 51.0 Å². The Morgan fingerprint density at radius 3 is 2.88 bits per heavy atom. The standard InChI is InChI=1S/C22H25Cl2FN4O2S/c23-9-3-11-32(30,31)29-10-2-1-4-16(29)5-7-21-19(25)14-27-22(28-21)17-6-8-20-18(17)12-15(24)13-26-20/h6,12-14,16H,1-5,7-11H2. The van der Waals surface area contributed by atoms with Gasteiger partial charge in [0.1, 0.15) is 0 Å². The number of sulfonamides is 1. The number of rotatable bonds is 8. The van der Waals surface area contributed by atoms with E-state index in [1.807, 2.05) is 12.1 Å². The van der Waals surface area contributed by atoms with Gasteiger partial charge in [-0.2, -0.15) is 4.31 Å². The molecule has 32 heavy (non-hydrogen) atoms. The predicted molar refractivity (Wildman–Crippen MR) is 124 cm³/mol. The number of hydrogen-bond acceptors (Lipinski definition) is 5. The Hall–Kier alpha value is -1.61. The third kappa shape index (κ3) is 5.14. The largest absolute Gasteiger partial charge is 0.259 e. The zero-order valence-corrected chi connectivity index (χ0v) is 19.9. The zero-order valence-electron chi connectivity index (χ0n) is 17.6. The zero-order chi connectivity index (χ0) is 22.7. The van der Waals surface area contributed by atoms with Gasteiger partial charge < -0.3 is 0 Å². The molecule has 1 aliphatic carbocycles. The molecular weight excluding hydrogens is 474 g/mol. The number of fused-ring (bicyclic) bond motifs is 1. The molecule has 0 radical (unpaired) electrons. The summed E-state index contributed by atoms with van der Waals surface area (Å²) >= 11 is 11.8. The summed E-state index contributed by atoms with van der Waals surface area (Å²) in [5, 5.41) is 0.520. The molecule has 0 amide bonds. The molecule has 6 nitrogen and oxygen atoms in total. The van der Waals surface area contributed by atoms with Crippen LogP contribution in [0.25, 0.3) is 5.57 Å². The Bertz CT molecular complexity index is 1130. The Balaban J connectivity index is 1.51. The second kappa shape index (κ2) is 10.1. The number of halogens is 3. The summed E-state index contributed by atoms with van der Waals surface area (Å²) in [6.07, 6.45) is 9.24. The van der Waals surface area contributed by atoms with Gasteiger partial charge in [-0.15, -0.1) is 11.6 Å². The van der Waals surface area contributed by atoms with Gasteiger partial charge in [0.05, 0.1) is 28.4 Å². The normalized spacial score (nSPS) is 19.1. The van der Waals surface area contributed by atoms with Crippen LogP contribution in [0.5, 0.6) is 0 Å². The number of aryl methyl sites for hydroxylation is 1. The monoisotopic (exact) mass is 498 g/mol. The molecule has 0 N–H and O–H groups in total. The lowest BCUT2D eigenvalue weighted by Crippen LogP contribution is -2.45. The van der Waals surface area contributed by atoms with Crippen molar-refractivity contribution in [3.8, 4) is 0 Å². The predicted octanol–water partition coefficient (Wildman–Crippen LogP) is 4.40. The fraction of sp³-hybridized carbons (Fsp3) is 0.500. The van der Waals surface area contributed by atoms with Crippen LogP contribution in [-0.4, -0.2) is 51.9 Å². The van der Waals surface area contributed by atoms with E-state index in [9.17, 15) is 12.8 Å². The number of piperidine rings is 1. The molecule has 4 rings (SSSR count). The van der Waals surface area contributed by atoms with E-state index in [1.54, 1.807) is 10.5 Å². The maximum absolute atomic E-state index is 14.5. The van der Waals surface area contributed by atoms with Gasteiger partial charge in [0.15, 0.2) is 11.6 Å². The van der Waals surface area contributed by atoms with Crippen LogP contribution in [0.2, 0.25) is 5.02 Å². The molecule has 2 aliphatic rings. The molecule has 0 bridgehead atoms. The molecule has 0 aromatic carbocycles. The van der Waals surface area contributed by atoms with E-state index in [0.29, 0.717) is 54.6 Å². The summed E-state index contributed by atoms with van der Waals surface area (Å²) in [7, 11) is -3.37. The van der Waals surface area contributed by atoms with Crippen LogP contribution in [0, 0.1) is 5.82 Å². The summed E-state index contributed by atoms with van der Waals surface area (Å²) < 4.78 is 41.6. The molecule has 1 atom stereocenters. The number of alkyl halides is 1. The number of hydrogen-bond donors (Lipinski definition) is 0. The van der Waals surface area contributed by atoms with Gasteiger partial charge in [-0.3, -0.25) is 4.98 Å². The smallest absolute Gasteiger partial charge is 0.214 e. The SMILES string of the molecule is O=S(=O)(CCCCl)N1CCCCC1CCc1nc(C2=CCc3ncc(Cl)cc32)ncc1F. The lowest BCUT2D eigenvalue weighted by atomic mass is 9.99. The third-order valence-electron chi connectivity index (χ3n) is 5.96. The van der Waals surface area contributed by atoms with Gasteiger partial charge in [0.25, 0.3) is 0 Å². The molecular formula is C22H25Cl2FN4O2S. The van der Waals surface area contributed by atoms with Crippen molar-refractivity contribution in [2.24, 2.45) is 0 Å². The lowest BCUT2D eigenvalue weighted by Gasteiger charge is -2.34. The van der Waals surface area contributed by atoms with Gasteiger partial charge in [-0.1, -0.05) is 24.1 Å². The van der Waals surface area contributed by atoms with Crippen LogP contribution in [-0.2, 0) is 22.9 Å². The Morgan fingerprint density at radius 1 is 1.22 bits per heavy atom. The minimum Gasteiger partial charge on any atom is -0.259 e. The van der Waals surface area contributed by atoms with Crippen molar-refractivity contribution in [3.05, 3.63) is 58.2 Å². The van der Waals surface area contributed by atoms with Gasteiger partial charge in [0.2, 0.25) is 10.0 Å². The fourth-order valence-electron chi connectivity index (χ4n) is 4.38. The summed E-state index contributed by atoms with van der Waals surface area (Å²) in [6, 6.07) is 1.66. The van der Waals surface area contributed by atoms with E-state index < -0.39 is 15.8 Å². The first-order valence-electron chi connectivity index (χ1n) is 10.8. The molecule has 172 valence electrons. The molecule has 2 aromatic heterocycles. The first-order chi connectivity index (χ1) is 15.4. The average molecular weight is 499 g/mol. The van der Waals surface area contributed by atoms with Crippen molar-refractivity contribution in [1.82, 2.24) is 19.3 Å². The highest BCUT2D eigenvalue weighted by Crippen LogP contribution is 2.32. The highest BCUT2D eigenvalue weighted by molar-refractivity contribution is 7.89. The molecule has 1 unspecified atom stereocenters. The van der Waals surface area contributed by atoms with E-state index in [4.69, 9.17) is 23.2 Å². The van der Waals surface area contributed by atoms with Crippen LogP contribution in [0.4, 0.5) is 4.39 Å². The molecule has 0 spiro atoms. The number of pyridine rings is 1. The first kappa shape index (κ1) is 23.5. The van der Waals surface area contributed by atoms with Crippen LogP contribution in [0.1, 0.15) is 54.9 Å². The Morgan fingerprint density at radius 2 is 2.06 bits per heavy atom. The molecule has 0 saturated carbocycles. The molecule has 1 saturated heterocycles. The molecule has 3 heterocycles. The topological polar surface area (TPSA) is 76.1 Å². The summed E-state index contributed by atoms with van der Waals surface area (Å²) in [4.78, 5) is 13.0. The highest BCUT2D eigenvalue weighted by Gasteiger charge is 2.32. The summed E-state index contributed by atoms with van der Waals surface area (Å²) in [5.74, 6) is 0.304. The van der Waals surface area contributed by atoms with E-state index >= 15 is 0 Å². The minimum atomic E-state index is -3.37. The van der Waals surface area contributed by atoms with Crippen molar-refractivity contribution >= 4 is 38.8 Å². The highest BCUT2D eigenvalue weighted by atomic mass is 35.5. The van der Waals surface area contributed by atoms with Crippen LogP contribution < -0.4 is 0 Å². The van der Waals surface area contributed by atoms with E-state index in [2.05, 4.69) is 15.0 Å². The average Bonchev–Trinajstić information content (AvgIpc) is 3.20. The Kier molecular flexibility index (Phi) is 7.44. The van der Waals surface area contributed by atoms with Gasteiger partial charge in [-0.25, -0.2) is 22.8 Å². The van der Waals surface area contributed by atoms with Crippen molar-refractivity contribution in [2.75, 3.05) is 18.2 Å². The fourth-order valence-corrected chi connectivity index (χ4v) is 6.64. The first-order valence-corrected chi connectivity index (χ1v) is 13.3. The van der Waals surface area contributed by atoms with Crippen molar-refractivity contribution < 1.29 is 12.8 Å². The van der Waals surface area contributed by atoms with Crippen LogP contribution in [0.3, 0.4) is 0 Å². The lowest BCUT2D eigenvalue weighted by molar-refractivity contribution is 0.240. The second-order valence-electron chi connectivity index (χ2n) is 8.12. The Labute approximate surface area is 197 Å². The van der Waals surface area contributed by atoms with Crippen molar-refractivity contribution in [1.29, 1.82) is 0 Å². The van der Waals surface area contributed by atoms with Gasteiger partial charge in [0, 0.05) is 42.2 Å². The quantitative estimate of drug-likeness (QED) is 0.504.